The van der Waals surface area contributed by atoms with Crippen molar-refractivity contribution in [3.8, 4) is 0 Å². The average molecular weight is 424 g/mol. The number of H-pyrrole nitrogens is 1. The second kappa shape index (κ2) is 10.1. The SMILES string of the molecule is Cc1[nH]ncc1N(C(=O)C1CCCCC1)C(C(=O)NC1CCCCC1)c1ccccn1. The number of aryl methyl sites for hydroxylation is 1. The van der Waals surface area contributed by atoms with Crippen LogP contribution in [0.2, 0.25) is 0 Å². The van der Waals surface area contributed by atoms with Crippen LogP contribution in [0.1, 0.15) is 81.6 Å². The van der Waals surface area contributed by atoms with Gasteiger partial charge in [0.1, 0.15) is 0 Å². The summed E-state index contributed by atoms with van der Waals surface area (Å²) in [4.78, 5) is 33.7. The van der Waals surface area contributed by atoms with Crippen molar-refractivity contribution < 1.29 is 9.59 Å². The van der Waals surface area contributed by atoms with Crippen LogP contribution in [0, 0.1) is 12.8 Å². The molecule has 0 saturated heterocycles. The van der Waals surface area contributed by atoms with Gasteiger partial charge in [0.05, 0.1) is 23.3 Å². The van der Waals surface area contributed by atoms with E-state index in [-0.39, 0.29) is 23.8 Å². The van der Waals surface area contributed by atoms with Crippen molar-refractivity contribution in [1.29, 1.82) is 0 Å². The van der Waals surface area contributed by atoms with E-state index < -0.39 is 6.04 Å². The van der Waals surface area contributed by atoms with Crippen molar-refractivity contribution in [2.45, 2.75) is 83.2 Å². The maximum Gasteiger partial charge on any atom is 0.249 e. The Kier molecular flexibility index (Phi) is 6.99. The Morgan fingerprint density at radius 3 is 2.39 bits per heavy atom. The first kappa shape index (κ1) is 21.5. The first-order valence-corrected chi connectivity index (χ1v) is 11.7. The number of rotatable bonds is 6. The molecule has 1 atom stereocenters. The number of nitrogens with zero attached hydrogens (tertiary/aromatic N) is 3. The number of hydrogen-bond acceptors (Lipinski definition) is 4. The van der Waals surface area contributed by atoms with Gasteiger partial charge in [0.15, 0.2) is 6.04 Å². The van der Waals surface area contributed by atoms with Gasteiger partial charge in [-0.1, -0.05) is 44.6 Å². The molecule has 7 nitrogen and oxygen atoms in total. The van der Waals surface area contributed by atoms with E-state index in [1.165, 1.54) is 12.8 Å². The standard InChI is InChI=1S/C24H33N5O2/c1-17-21(16-26-28-17)29(24(31)18-10-4-2-5-11-18)22(20-14-8-9-15-25-20)23(30)27-19-12-6-3-7-13-19/h8-9,14-16,18-19,22H,2-7,10-13H2,1H3,(H,26,28)(H,27,30). The van der Waals surface area contributed by atoms with E-state index in [0.717, 1.165) is 57.1 Å². The van der Waals surface area contributed by atoms with Gasteiger partial charge in [0, 0.05) is 18.2 Å². The van der Waals surface area contributed by atoms with Crippen molar-refractivity contribution >= 4 is 17.5 Å². The molecular weight excluding hydrogens is 390 g/mol. The summed E-state index contributed by atoms with van der Waals surface area (Å²) in [6.07, 6.45) is 13.8. The highest BCUT2D eigenvalue weighted by Crippen LogP contribution is 2.34. The molecule has 166 valence electrons. The zero-order chi connectivity index (χ0) is 21.6. The van der Waals surface area contributed by atoms with Gasteiger partial charge < -0.3 is 5.32 Å². The van der Waals surface area contributed by atoms with Crippen molar-refractivity contribution in [1.82, 2.24) is 20.5 Å². The second-order valence-corrected chi connectivity index (χ2v) is 8.92. The highest BCUT2D eigenvalue weighted by Gasteiger charge is 2.39. The third-order valence-electron chi connectivity index (χ3n) is 6.68. The molecule has 2 aromatic heterocycles. The second-order valence-electron chi connectivity index (χ2n) is 8.92. The fourth-order valence-corrected chi connectivity index (χ4v) is 4.97. The van der Waals surface area contributed by atoms with Crippen molar-refractivity contribution in [3.63, 3.8) is 0 Å². The Labute approximate surface area is 184 Å². The van der Waals surface area contributed by atoms with E-state index in [2.05, 4.69) is 20.5 Å². The molecule has 4 rings (SSSR count). The lowest BCUT2D eigenvalue weighted by Crippen LogP contribution is -2.49. The third kappa shape index (κ3) is 4.97. The van der Waals surface area contributed by atoms with E-state index in [4.69, 9.17) is 0 Å². The van der Waals surface area contributed by atoms with Gasteiger partial charge >= 0.3 is 0 Å². The maximum absolute atomic E-state index is 13.8. The van der Waals surface area contributed by atoms with E-state index >= 15 is 0 Å². The minimum absolute atomic E-state index is 0.00125. The monoisotopic (exact) mass is 423 g/mol. The van der Waals surface area contributed by atoms with Crippen LogP contribution in [0.3, 0.4) is 0 Å². The van der Waals surface area contributed by atoms with Crippen LogP contribution in [0.4, 0.5) is 5.69 Å². The predicted octanol–water partition coefficient (Wildman–Crippen LogP) is 4.22. The van der Waals surface area contributed by atoms with Gasteiger partial charge in [-0.3, -0.25) is 24.6 Å². The van der Waals surface area contributed by atoms with Gasteiger partial charge in [-0.25, -0.2) is 0 Å². The van der Waals surface area contributed by atoms with Crippen LogP contribution < -0.4 is 10.2 Å². The number of aromatic amines is 1. The van der Waals surface area contributed by atoms with Crippen LogP contribution in [0.5, 0.6) is 0 Å². The van der Waals surface area contributed by atoms with Crippen molar-refractivity contribution in [2.75, 3.05) is 4.90 Å². The molecule has 2 amide bonds. The van der Waals surface area contributed by atoms with Crippen LogP contribution >= 0.6 is 0 Å². The lowest BCUT2D eigenvalue weighted by molar-refractivity contribution is -0.129. The van der Waals surface area contributed by atoms with E-state index in [9.17, 15) is 9.59 Å². The van der Waals surface area contributed by atoms with Crippen molar-refractivity contribution in [2.24, 2.45) is 5.92 Å². The average Bonchev–Trinajstić information content (AvgIpc) is 3.24. The summed E-state index contributed by atoms with van der Waals surface area (Å²) in [5.41, 5.74) is 2.01. The zero-order valence-corrected chi connectivity index (χ0v) is 18.3. The highest BCUT2D eigenvalue weighted by molar-refractivity contribution is 6.02. The fraction of sp³-hybridized carbons (Fsp3) is 0.583. The lowest BCUT2D eigenvalue weighted by Gasteiger charge is -2.35. The lowest BCUT2D eigenvalue weighted by atomic mass is 9.87. The molecule has 1 unspecified atom stereocenters. The quantitative estimate of drug-likeness (QED) is 0.728. The first-order valence-electron chi connectivity index (χ1n) is 11.7. The highest BCUT2D eigenvalue weighted by atomic mass is 16.2. The van der Waals surface area contributed by atoms with Gasteiger partial charge in [0.2, 0.25) is 11.8 Å². The molecule has 0 spiro atoms. The summed E-state index contributed by atoms with van der Waals surface area (Å²) in [6, 6.07) is 4.88. The first-order chi connectivity index (χ1) is 15.1. The third-order valence-corrected chi connectivity index (χ3v) is 6.68. The normalized spacial score (nSPS) is 19.0. The topological polar surface area (TPSA) is 91.0 Å². The molecule has 7 heteroatoms. The van der Waals surface area contributed by atoms with E-state index in [1.54, 1.807) is 17.3 Å². The molecule has 2 aromatic rings. The summed E-state index contributed by atoms with van der Waals surface area (Å²) in [6.45, 7) is 1.89. The number of aromatic nitrogens is 3. The Balaban J connectivity index is 1.71. The minimum Gasteiger partial charge on any atom is -0.351 e. The smallest absolute Gasteiger partial charge is 0.249 e. The zero-order valence-electron chi connectivity index (χ0n) is 18.3. The summed E-state index contributed by atoms with van der Waals surface area (Å²) in [7, 11) is 0. The number of carbonyl (C=O) groups excluding carboxylic acids is 2. The minimum atomic E-state index is -0.811. The number of anilines is 1. The number of carbonyl (C=O) groups is 2. The molecule has 2 heterocycles. The molecular formula is C24H33N5O2. The molecule has 2 saturated carbocycles. The Morgan fingerprint density at radius 2 is 1.77 bits per heavy atom. The van der Waals surface area contributed by atoms with Crippen LogP contribution in [0.25, 0.3) is 0 Å². The fourth-order valence-electron chi connectivity index (χ4n) is 4.97. The summed E-state index contributed by atoms with van der Waals surface area (Å²) in [5.74, 6) is -0.231. The number of amides is 2. The van der Waals surface area contributed by atoms with Gasteiger partial charge in [-0.15, -0.1) is 0 Å². The Hall–Kier alpha value is -2.70. The molecule has 2 fully saturated rings. The Morgan fingerprint density at radius 1 is 1.06 bits per heavy atom. The Bertz CT molecular complexity index is 869. The summed E-state index contributed by atoms with van der Waals surface area (Å²) in [5, 5.41) is 10.3. The van der Waals surface area contributed by atoms with Crippen molar-refractivity contribution in [3.05, 3.63) is 42.0 Å². The number of hydrogen-bond donors (Lipinski definition) is 2. The van der Waals surface area contributed by atoms with Crippen LogP contribution in [0.15, 0.2) is 30.6 Å². The molecule has 2 aliphatic carbocycles. The summed E-state index contributed by atoms with van der Waals surface area (Å²) < 4.78 is 0. The molecule has 0 aliphatic heterocycles. The van der Waals surface area contributed by atoms with Gasteiger partial charge in [0.25, 0.3) is 0 Å². The summed E-state index contributed by atoms with van der Waals surface area (Å²) >= 11 is 0. The van der Waals surface area contributed by atoms with E-state index in [1.807, 2.05) is 25.1 Å². The molecule has 0 aromatic carbocycles. The molecule has 2 aliphatic rings. The predicted molar refractivity (Wildman–Crippen MR) is 119 cm³/mol. The van der Waals surface area contributed by atoms with E-state index in [0.29, 0.717) is 11.4 Å². The molecule has 0 bridgehead atoms. The number of nitrogens with one attached hydrogen (secondary N) is 2. The van der Waals surface area contributed by atoms with Crippen LogP contribution in [-0.2, 0) is 9.59 Å². The van der Waals surface area contributed by atoms with Gasteiger partial charge in [-0.2, -0.15) is 5.10 Å². The number of pyridine rings is 1. The largest absolute Gasteiger partial charge is 0.351 e. The maximum atomic E-state index is 13.8. The molecule has 31 heavy (non-hydrogen) atoms. The molecule has 0 radical (unpaired) electrons. The van der Waals surface area contributed by atoms with Gasteiger partial charge in [-0.05, 0) is 44.7 Å². The molecule has 2 N–H and O–H groups in total. The van der Waals surface area contributed by atoms with Crippen LogP contribution in [-0.4, -0.2) is 33.0 Å².